The molecule has 0 aliphatic carbocycles. The third kappa shape index (κ3) is 5.04. The number of esters is 1. The summed E-state index contributed by atoms with van der Waals surface area (Å²) < 4.78 is 4.64. The second-order valence-electron chi connectivity index (χ2n) is 5.45. The number of Topliss-reactive ketones (excluding diaryl/α,β-unsaturated/α-hetero) is 1. The fourth-order valence-corrected chi connectivity index (χ4v) is 2.39. The van der Waals surface area contributed by atoms with E-state index in [0.29, 0.717) is 12.0 Å². The second kappa shape index (κ2) is 8.25. The molecule has 0 spiro atoms. The number of methoxy groups -OCH3 is 1. The summed E-state index contributed by atoms with van der Waals surface area (Å²) in [6, 6.07) is 16.4. The van der Waals surface area contributed by atoms with Gasteiger partial charge in [0.25, 0.3) is 0 Å². The van der Waals surface area contributed by atoms with Crippen molar-refractivity contribution in [3.8, 4) is 0 Å². The first kappa shape index (κ1) is 16.9. The second-order valence-corrected chi connectivity index (χ2v) is 5.45. The van der Waals surface area contributed by atoms with E-state index in [0.717, 1.165) is 17.5 Å². The smallest absolute Gasteiger partial charge is 0.309 e. The van der Waals surface area contributed by atoms with E-state index in [9.17, 15) is 9.59 Å². The fourth-order valence-electron chi connectivity index (χ4n) is 2.39. The van der Waals surface area contributed by atoms with Gasteiger partial charge in [-0.15, -0.1) is 0 Å². The van der Waals surface area contributed by atoms with Crippen molar-refractivity contribution < 1.29 is 14.3 Å². The fraction of sp³-hybridized carbons (Fsp3) is 0.263. The van der Waals surface area contributed by atoms with Crippen LogP contribution in [0.1, 0.15) is 27.9 Å². The highest BCUT2D eigenvalue weighted by atomic mass is 16.5. The van der Waals surface area contributed by atoms with Crippen molar-refractivity contribution >= 4 is 11.8 Å². The number of ether oxygens (including phenoxy) is 1. The van der Waals surface area contributed by atoms with Crippen molar-refractivity contribution in [2.45, 2.75) is 25.3 Å². The number of aryl methyl sites for hydroxylation is 1. The summed E-state index contributed by atoms with van der Waals surface area (Å²) in [5, 5.41) is 0. The Hall–Kier alpha value is -2.46. The molecule has 0 fully saturated rings. The molecular weight excluding hydrogens is 290 g/mol. The molecule has 2 N–H and O–H groups in total. The van der Waals surface area contributed by atoms with Crippen LogP contribution in [0.5, 0.6) is 0 Å². The largest absolute Gasteiger partial charge is 0.469 e. The van der Waals surface area contributed by atoms with Crippen molar-refractivity contribution in [3.05, 3.63) is 71.3 Å². The Kier molecular flexibility index (Phi) is 6.06. The highest BCUT2D eigenvalue weighted by Crippen LogP contribution is 2.12. The van der Waals surface area contributed by atoms with Crippen molar-refractivity contribution in [3.63, 3.8) is 0 Å². The first-order valence-electron chi connectivity index (χ1n) is 7.59. The lowest BCUT2D eigenvalue weighted by molar-refractivity contribution is -0.139. The molecule has 2 rings (SSSR count). The van der Waals surface area contributed by atoms with E-state index in [-0.39, 0.29) is 18.2 Å². The molecule has 120 valence electrons. The molecule has 23 heavy (non-hydrogen) atoms. The van der Waals surface area contributed by atoms with Gasteiger partial charge in [-0.1, -0.05) is 48.5 Å². The minimum atomic E-state index is -0.552. The number of rotatable bonds is 7. The molecule has 0 aromatic heterocycles. The topological polar surface area (TPSA) is 69.4 Å². The Labute approximate surface area is 136 Å². The van der Waals surface area contributed by atoms with Crippen LogP contribution < -0.4 is 5.73 Å². The Balaban J connectivity index is 1.98. The molecule has 1 unspecified atom stereocenters. The van der Waals surface area contributed by atoms with E-state index in [1.807, 2.05) is 30.3 Å². The first-order valence-corrected chi connectivity index (χ1v) is 7.59. The monoisotopic (exact) mass is 311 g/mol. The van der Waals surface area contributed by atoms with Gasteiger partial charge in [0.05, 0.1) is 19.6 Å². The van der Waals surface area contributed by atoms with Crippen LogP contribution >= 0.6 is 0 Å². The van der Waals surface area contributed by atoms with Crippen LogP contribution in [0, 0.1) is 0 Å². The van der Waals surface area contributed by atoms with E-state index in [1.165, 1.54) is 7.11 Å². The molecule has 4 heteroatoms. The van der Waals surface area contributed by atoms with Gasteiger partial charge < -0.3 is 10.5 Å². The third-order valence-electron chi connectivity index (χ3n) is 3.71. The summed E-state index contributed by atoms with van der Waals surface area (Å²) in [5.41, 5.74) is 8.48. The van der Waals surface area contributed by atoms with Gasteiger partial charge in [-0.05, 0) is 30.0 Å². The van der Waals surface area contributed by atoms with Crippen LogP contribution in [0.4, 0.5) is 0 Å². The minimum Gasteiger partial charge on any atom is -0.469 e. The summed E-state index contributed by atoms with van der Waals surface area (Å²) in [5.74, 6) is -0.435. The number of nitrogens with two attached hydrogens (primary N) is 1. The highest BCUT2D eigenvalue weighted by molar-refractivity contribution is 6.00. The maximum Gasteiger partial charge on any atom is 0.309 e. The predicted molar refractivity (Wildman–Crippen MR) is 89.2 cm³/mol. The van der Waals surface area contributed by atoms with Crippen LogP contribution in [0.3, 0.4) is 0 Å². The van der Waals surface area contributed by atoms with Gasteiger partial charge >= 0.3 is 5.97 Å². The number of hydrogen-bond donors (Lipinski definition) is 1. The van der Waals surface area contributed by atoms with Crippen LogP contribution in [-0.2, 0) is 22.4 Å². The molecule has 0 bridgehead atoms. The van der Waals surface area contributed by atoms with Gasteiger partial charge in [-0.25, -0.2) is 0 Å². The average molecular weight is 311 g/mol. The van der Waals surface area contributed by atoms with E-state index < -0.39 is 6.04 Å². The molecule has 2 aromatic carbocycles. The predicted octanol–water partition coefficient (Wildman–Crippen LogP) is 2.54. The van der Waals surface area contributed by atoms with Crippen LogP contribution in [0.2, 0.25) is 0 Å². The molecule has 2 aromatic rings. The Bertz CT molecular complexity index is 667. The lowest BCUT2D eigenvalue weighted by Crippen LogP contribution is -2.31. The van der Waals surface area contributed by atoms with E-state index in [1.54, 1.807) is 24.3 Å². The number of benzene rings is 2. The molecule has 0 saturated carbocycles. The Morgan fingerprint density at radius 3 is 2.43 bits per heavy atom. The van der Waals surface area contributed by atoms with Gasteiger partial charge in [0, 0.05) is 5.56 Å². The summed E-state index contributed by atoms with van der Waals surface area (Å²) in [6.07, 6.45) is 1.50. The molecule has 1 atom stereocenters. The van der Waals surface area contributed by atoms with Crippen molar-refractivity contribution in [2.75, 3.05) is 7.11 Å². The molecule has 0 aliphatic heterocycles. The molecule has 0 aliphatic rings. The minimum absolute atomic E-state index is 0.104. The summed E-state index contributed by atoms with van der Waals surface area (Å²) in [6.45, 7) is 0. The zero-order valence-corrected chi connectivity index (χ0v) is 13.2. The quantitative estimate of drug-likeness (QED) is 0.630. The van der Waals surface area contributed by atoms with Crippen LogP contribution in [0.15, 0.2) is 54.6 Å². The van der Waals surface area contributed by atoms with E-state index in [4.69, 9.17) is 5.73 Å². The van der Waals surface area contributed by atoms with Crippen LogP contribution in [-0.4, -0.2) is 24.9 Å². The lowest BCUT2D eigenvalue weighted by Gasteiger charge is -2.11. The molecule has 4 nitrogen and oxygen atoms in total. The standard InChI is InChI=1S/C19H21NO3/c1-23-18(21)13-15-8-5-9-16(12-15)19(22)17(20)11-10-14-6-3-2-4-7-14/h2-9,12,17H,10-11,13,20H2,1H3. The number of ketones is 1. The molecular formula is C19H21NO3. The van der Waals surface area contributed by atoms with Crippen molar-refractivity contribution in [2.24, 2.45) is 5.73 Å². The van der Waals surface area contributed by atoms with Crippen molar-refractivity contribution in [1.82, 2.24) is 0 Å². The maximum absolute atomic E-state index is 12.4. The SMILES string of the molecule is COC(=O)Cc1cccc(C(=O)C(N)CCc2ccccc2)c1. The number of carbonyl (C=O) groups is 2. The van der Waals surface area contributed by atoms with Gasteiger partial charge in [0.2, 0.25) is 0 Å². The molecule has 0 saturated heterocycles. The summed E-state index contributed by atoms with van der Waals surface area (Å²) >= 11 is 0. The maximum atomic E-state index is 12.4. The zero-order valence-electron chi connectivity index (χ0n) is 13.2. The number of hydrogen-bond acceptors (Lipinski definition) is 4. The summed E-state index contributed by atoms with van der Waals surface area (Å²) in [7, 11) is 1.34. The van der Waals surface area contributed by atoms with Crippen molar-refractivity contribution in [1.29, 1.82) is 0 Å². The summed E-state index contributed by atoms with van der Waals surface area (Å²) in [4.78, 5) is 23.8. The van der Waals surface area contributed by atoms with E-state index >= 15 is 0 Å². The first-order chi connectivity index (χ1) is 11.1. The Morgan fingerprint density at radius 2 is 1.74 bits per heavy atom. The van der Waals surface area contributed by atoms with Gasteiger partial charge in [0.15, 0.2) is 5.78 Å². The normalized spacial score (nSPS) is 11.7. The third-order valence-corrected chi connectivity index (χ3v) is 3.71. The molecule has 0 radical (unpaired) electrons. The number of carbonyl (C=O) groups excluding carboxylic acids is 2. The lowest BCUT2D eigenvalue weighted by atomic mass is 9.97. The molecule has 0 heterocycles. The van der Waals surface area contributed by atoms with Gasteiger partial charge in [-0.2, -0.15) is 0 Å². The van der Waals surface area contributed by atoms with Crippen LogP contribution in [0.25, 0.3) is 0 Å². The van der Waals surface area contributed by atoms with E-state index in [2.05, 4.69) is 4.74 Å². The van der Waals surface area contributed by atoms with Gasteiger partial charge in [-0.3, -0.25) is 9.59 Å². The average Bonchev–Trinajstić information content (AvgIpc) is 2.60. The zero-order chi connectivity index (χ0) is 16.7. The molecule has 0 amide bonds. The highest BCUT2D eigenvalue weighted by Gasteiger charge is 2.16. The Morgan fingerprint density at radius 1 is 1.04 bits per heavy atom. The van der Waals surface area contributed by atoms with Gasteiger partial charge in [0.1, 0.15) is 0 Å².